The van der Waals surface area contributed by atoms with Gasteiger partial charge >= 0.3 is 0 Å². The molecule has 0 radical (unpaired) electrons. The fourth-order valence-electron chi connectivity index (χ4n) is 1.05. The van der Waals surface area contributed by atoms with E-state index in [1.165, 1.54) is 0 Å². The van der Waals surface area contributed by atoms with Crippen LogP contribution >= 0.6 is 38.9 Å². The highest BCUT2D eigenvalue weighted by atomic mass is 79.9. The summed E-state index contributed by atoms with van der Waals surface area (Å²) in [6, 6.07) is 3.97. The zero-order chi connectivity index (χ0) is 8.72. The van der Waals surface area contributed by atoms with Gasteiger partial charge in [-0.1, -0.05) is 11.6 Å². The van der Waals surface area contributed by atoms with Crippen LogP contribution in [0.1, 0.15) is 5.01 Å². The van der Waals surface area contributed by atoms with Crippen molar-refractivity contribution in [2.24, 2.45) is 0 Å². The van der Waals surface area contributed by atoms with Gasteiger partial charge in [0.2, 0.25) is 0 Å². The fraction of sp³-hybridized carbons (Fsp3) is 0.125. The second-order valence-corrected chi connectivity index (χ2v) is 4.91. The summed E-state index contributed by atoms with van der Waals surface area (Å²) < 4.78 is 2.04. The third kappa shape index (κ3) is 1.26. The molecule has 0 unspecified atom stereocenters. The number of benzene rings is 1. The Hall–Kier alpha value is -0.120. The highest BCUT2D eigenvalue weighted by molar-refractivity contribution is 9.10. The summed E-state index contributed by atoms with van der Waals surface area (Å²) in [5.74, 6) is 0. The molecule has 4 heteroatoms. The van der Waals surface area contributed by atoms with E-state index in [1.54, 1.807) is 11.3 Å². The van der Waals surface area contributed by atoms with Crippen LogP contribution in [0.3, 0.4) is 0 Å². The molecule has 0 N–H and O–H groups in total. The first-order valence-corrected chi connectivity index (χ1v) is 5.38. The molecule has 0 saturated heterocycles. The maximum Gasteiger partial charge on any atom is 0.101 e. The molecule has 0 spiro atoms. The minimum absolute atomic E-state index is 0.705. The van der Waals surface area contributed by atoms with E-state index in [-0.39, 0.29) is 0 Å². The molecule has 0 fully saturated rings. The van der Waals surface area contributed by atoms with Gasteiger partial charge in [0, 0.05) is 4.47 Å². The zero-order valence-electron chi connectivity index (χ0n) is 6.27. The Morgan fingerprint density at radius 3 is 3.00 bits per heavy atom. The minimum Gasteiger partial charge on any atom is -0.240 e. The monoisotopic (exact) mass is 261 g/mol. The number of hydrogen-bond donors (Lipinski definition) is 0. The van der Waals surface area contributed by atoms with Crippen molar-refractivity contribution in [3.63, 3.8) is 0 Å². The number of aryl methyl sites for hydroxylation is 1. The van der Waals surface area contributed by atoms with Crippen molar-refractivity contribution in [1.82, 2.24) is 4.98 Å². The lowest BCUT2D eigenvalue weighted by Gasteiger charge is -1.94. The van der Waals surface area contributed by atoms with Crippen LogP contribution in [-0.4, -0.2) is 4.98 Å². The average molecular weight is 263 g/mol. The first-order chi connectivity index (χ1) is 5.68. The number of rotatable bonds is 0. The van der Waals surface area contributed by atoms with Crippen LogP contribution in [0.4, 0.5) is 0 Å². The van der Waals surface area contributed by atoms with Crippen LogP contribution in [0.2, 0.25) is 5.02 Å². The molecule has 1 heterocycles. The molecule has 0 amide bonds. The highest BCUT2D eigenvalue weighted by Crippen LogP contribution is 2.33. The normalized spacial score (nSPS) is 10.9. The van der Waals surface area contributed by atoms with E-state index in [1.807, 2.05) is 19.1 Å². The Balaban J connectivity index is 2.89. The van der Waals surface area contributed by atoms with Crippen LogP contribution in [0, 0.1) is 6.92 Å². The Kier molecular flexibility index (Phi) is 2.10. The molecule has 1 aromatic heterocycles. The quantitative estimate of drug-likeness (QED) is 0.699. The zero-order valence-corrected chi connectivity index (χ0v) is 9.42. The Labute approximate surface area is 87.5 Å². The van der Waals surface area contributed by atoms with Gasteiger partial charge in [0.1, 0.15) is 5.52 Å². The molecule has 1 nitrogen and oxygen atoms in total. The molecule has 0 aliphatic carbocycles. The van der Waals surface area contributed by atoms with E-state index in [2.05, 4.69) is 20.9 Å². The lowest BCUT2D eigenvalue weighted by molar-refractivity contribution is 1.34. The second kappa shape index (κ2) is 2.98. The molecule has 2 aromatic rings. The Bertz CT molecular complexity index is 438. The lowest BCUT2D eigenvalue weighted by atomic mass is 10.3. The molecule has 1 aromatic carbocycles. The number of fused-ring (bicyclic) bond motifs is 1. The van der Waals surface area contributed by atoms with Crippen LogP contribution in [-0.2, 0) is 0 Å². The molecule has 0 aliphatic heterocycles. The van der Waals surface area contributed by atoms with E-state index in [4.69, 9.17) is 11.6 Å². The summed E-state index contributed by atoms with van der Waals surface area (Å²) in [6.45, 7) is 1.98. The first kappa shape index (κ1) is 8.48. The van der Waals surface area contributed by atoms with Crippen LogP contribution < -0.4 is 0 Å². The smallest absolute Gasteiger partial charge is 0.101 e. The predicted molar refractivity (Wildman–Crippen MR) is 57.1 cm³/mol. The van der Waals surface area contributed by atoms with Gasteiger partial charge < -0.3 is 0 Å². The van der Waals surface area contributed by atoms with Gasteiger partial charge in [-0.15, -0.1) is 11.3 Å². The molecule has 0 saturated carbocycles. The number of hydrogen-bond acceptors (Lipinski definition) is 2. The summed E-state index contributed by atoms with van der Waals surface area (Å²) in [7, 11) is 0. The van der Waals surface area contributed by atoms with Gasteiger partial charge in [-0.05, 0) is 35.0 Å². The van der Waals surface area contributed by atoms with E-state index < -0.39 is 0 Å². The molecular weight excluding hydrogens is 258 g/mol. The van der Waals surface area contributed by atoms with Crippen LogP contribution in [0.5, 0.6) is 0 Å². The SMILES string of the molecule is Cc1nc2c(Cl)c(Br)ccc2s1. The first-order valence-electron chi connectivity index (χ1n) is 3.39. The third-order valence-electron chi connectivity index (χ3n) is 1.56. The van der Waals surface area contributed by atoms with Gasteiger partial charge in [0.15, 0.2) is 0 Å². The van der Waals surface area contributed by atoms with Crippen LogP contribution in [0.25, 0.3) is 10.2 Å². The molecule has 12 heavy (non-hydrogen) atoms. The summed E-state index contributed by atoms with van der Waals surface area (Å²) in [5.41, 5.74) is 0.897. The summed E-state index contributed by atoms with van der Waals surface area (Å²) in [6.07, 6.45) is 0. The van der Waals surface area contributed by atoms with Crippen molar-refractivity contribution >= 4 is 49.1 Å². The van der Waals surface area contributed by atoms with Crippen molar-refractivity contribution in [1.29, 1.82) is 0 Å². The molecule has 0 aliphatic rings. The summed E-state index contributed by atoms with van der Waals surface area (Å²) in [4.78, 5) is 4.33. The number of thiazole rings is 1. The van der Waals surface area contributed by atoms with E-state index in [0.717, 1.165) is 19.7 Å². The minimum atomic E-state index is 0.705. The van der Waals surface area contributed by atoms with E-state index in [0.29, 0.717) is 5.02 Å². The largest absolute Gasteiger partial charge is 0.240 e. The number of halogens is 2. The van der Waals surface area contributed by atoms with Crippen molar-refractivity contribution in [2.75, 3.05) is 0 Å². The van der Waals surface area contributed by atoms with Gasteiger partial charge in [-0.25, -0.2) is 4.98 Å². The number of nitrogens with zero attached hydrogens (tertiary/aromatic N) is 1. The molecule has 0 bridgehead atoms. The van der Waals surface area contributed by atoms with Gasteiger partial charge in [0.25, 0.3) is 0 Å². The maximum absolute atomic E-state index is 6.04. The fourth-order valence-corrected chi connectivity index (χ4v) is 2.47. The van der Waals surface area contributed by atoms with Crippen molar-refractivity contribution in [3.05, 3.63) is 26.6 Å². The topological polar surface area (TPSA) is 12.9 Å². The third-order valence-corrected chi connectivity index (χ3v) is 3.77. The summed E-state index contributed by atoms with van der Waals surface area (Å²) >= 11 is 11.1. The highest BCUT2D eigenvalue weighted by Gasteiger charge is 2.06. The molecule has 2 rings (SSSR count). The molecular formula is C8H5BrClNS. The average Bonchev–Trinajstić information content (AvgIpc) is 2.39. The standard InChI is InChI=1S/C8H5BrClNS/c1-4-11-8-6(12-4)3-2-5(9)7(8)10/h2-3H,1H3. The van der Waals surface area contributed by atoms with Gasteiger partial charge in [-0.2, -0.15) is 0 Å². The maximum atomic E-state index is 6.04. The summed E-state index contributed by atoms with van der Waals surface area (Å²) in [5, 5.41) is 1.75. The van der Waals surface area contributed by atoms with Crippen molar-refractivity contribution in [2.45, 2.75) is 6.92 Å². The Morgan fingerprint density at radius 1 is 1.50 bits per heavy atom. The van der Waals surface area contributed by atoms with E-state index >= 15 is 0 Å². The second-order valence-electron chi connectivity index (χ2n) is 2.44. The van der Waals surface area contributed by atoms with Gasteiger partial charge in [0.05, 0.1) is 14.7 Å². The van der Waals surface area contributed by atoms with Crippen molar-refractivity contribution in [3.8, 4) is 0 Å². The molecule has 62 valence electrons. The van der Waals surface area contributed by atoms with Crippen LogP contribution in [0.15, 0.2) is 16.6 Å². The number of aromatic nitrogens is 1. The van der Waals surface area contributed by atoms with Gasteiger partial charge in [-0.3, -0.25) is 0 Å². The van der Waals surface area contributed by atoms with E-state index in [9.17, 15) is 0 Å². The van der Waals surface area contributed by atoms with Crippen molar-refractivity contribution < 1.29 is 0 Å². The predicted octanol–water partition coefficient (Wildman–Crippen LogP) is 4.02. The Morgan fingerprint density at radius 2 is 2.25 bits per heavy atom. The molecule has 0 atom stereocenters. The lowest BCUT2D eigenvalue weighted by Crippen LogP contribution is -1.72.